The minimum Gasteiger partial charge on any atom is -0.423 e. The number of hydrogen-bond donors (Lipinski definition) is 0. The molecular weight excluding hydrogens is 405 g/mol. The molecule has 3 aromatic rings. The Balaban J connectivity index is 1.32. The van der Waals surface area contributed by atoms with Gasteiger partial charge in [0.1, 0.15) is 5.58 Å². The van der Waals surface area contributed by atoms with Crippen LogP contribution < -0.4 is 10.5 Å². The van der Waals surface area contributed by atoms with E-state index in [1.54, 1.807) is 12.1 Å². The van der Waals surface area contributed by atoms with Crippen molar-refractivity contribution in [1.29, 1.82) is 0 Å². The van der Waals surface area contributed by atoms with Gasteiger partial charge in [-0.25, -0.2) is 4.79 Å². The van der Waals surface area contributed by atoms with E-state index >= 15 is 0 Å². The molecule has 0 bridgehead atoms. The molecule has 0 saturated carbocycles. The van der Waals surface area contributed by atoms with E-state index in [2.05, 4.69) is 11.0 Å². The van der Waals surface area contributed by atoms with Crippen LogP contribution >= 0.6 is 0 Å². The third kappa shape index (κ3) is 4.06. The van der Waals surface area contributed by atoms with Crippen molar-refractivity contribution in [1.82, 2.24) is 4.90 Å². The summed E-state index contributed by atoms with van der Waals surface area (Å²) < 4.78 is 44.5. The Morgan fingerprint density at radius 2 is 1.68 bits per heavy atom. The van der Waals surface area contributed by atoms with Crippen LogP contribution in [0.15, 0.2) is 51.7 Å². The molecule has 2 heterocycles. The SMILES string of the molecule is O=c1cc(CN2CCN(c3cccc(C(F)(F)F)c3)CC2)c2cc3c(cc2o1)CCC3. The van der Waals surface area contributed by atoms with Crippen molar-refractivity contribution in [3.8, 4) is 0 Å². The first-order valence-corrected chi connectivity index (χ1v) is 10.6. The van der Waals surface area contributed by atoms with E-state index in [1.807, 2.05) is 11.0 Å². The molecule has 4 nitrogen and oxygen atoms in total. The number of hydrogen-bond acceptors (Lipinski definition) is 4. The fourth-order valence-corrected chi connectivity index (χ4v) is 4.71. The maximum atomic E-state index is 13.0. The van der Waals surface area contributed by atoms with Gasteiger partial charge >= 0.3 is 11.8 Å². The van der Waals surface area contributed by atoms with E-state index in [9.17, 15) is 18.0 Å². The van der Waals surface area contributed by atoms with Crippen molar-refractivity contribution in [2.24, 2.45) is 0 Å². The topological polar surface area (TPSA) is 36.7 Å². The highest BCUT2D eigenvalue weighted by atomic mass is 19.4. The van der Waals surface area contributed by atoms with Crippen molar-refractivity contribution < 1.29 is 17.6 Å². The predicted octanol–water partition coefficient (Wildman–Crippen LogP) is 4.62. The summed E-state index contributed by atoms with van der Waals surface area (Å²) in [6, 6.07) is 11.2. The summed E-state index contributed by atoms with van der Waals surface area (Å²) in [4.78, 5) is 16.3. The Labute approximate surface area is 177 Å². The maximum absolute atomic E-state index is 13.0. The van der Waals surface area contributed by atoms with Gasteiger partial charge in [-0.1, -0.05) is 6.07 Å². The Kier molecular flexibility index (Phi) is 5.01. The molecule has 7 heteroatoms. The summed E-state index contributed by atoms with van der Waals surface area (Å²) in [5.41, 5.74) is 3.82. The number of alkyl halides is 3. The average Bonchev–Trinajstić information content (AvgIpc) is 3.20. The minimum absolute atomic E-state index is 0.344. The van der Waals surface area contributed by atoms with E-state index in [-0.39, 0.29) is 5.63 Å². The standard InChI is InChI=1S/C24H23F3N2O2/c25-24(26,27)19-5-2-6-20(14-19)29-9-7-28(8-10-29)15-18-13-23(30)31-22-12-17-4-1-3-16(17)11-21(18)22/h2,5-6,11-14H,1,3-4,7-10,15H2. The molecule has 2 aliphatic rings. The van der Waals surface area contributed by atoms with E-state index in [1.165, 1.54) is 23.3 Å². The lowest BCUT2D eigenvalue weighted by atomic mass is 10.0. The third-order valence-electron chi connectivity index (χ3n) is 6.35. The molecule has 0 unspecified atom stereocenters. The summed E-state index contributed by atoms with van der Waals surface area (Å²) in [6.45, 7) is 3.31. The second-order valence-corrected chi connectivity index (χ2v) is 8.37. The van der Waals surface area contributed by atoms with Crippen LogP contribution in [0.5, 0.6) is 0 Å². The number of nitrogens with zero attached hydrogens (tertiary/aromatic N) is 2. The molecule has 162 valence electrons. The maximum Gasteiger partial charge on any atom is 0.416 e. The Morgan fingerprint density at radius 3 is 2.42 bits per heavy atom. The van der Waals surface area contributed by atoms with Crippen LogP contribution in [-0.4, -0.2) is 31.1 Å². The number of rotatable bonds is 3. The van der Waals surface area contributed by atoms with Crippen molar-refractivity contribution in [3.63, 3.8) is 0 Å². The molecule has 31 heavy (non-hydrogen) atoms. The van der Waals surface area contributed by atoms with Crippen molar-refractivity contribution in [2.45, 2.75) is 32.0 Å². The van der Waals surface area contributed by atoms with Gasteiger partial charge in [-0.15, -0.1) is 0 Å². The van der Waals surface area contributed by atoms with Crippen molar-refractivity contribution in [3.05, 3.63) is 75.1 Å². The van der Waals surface area contributed by atoms with Crippen LogP contribution in [0.4, 0.5) is 18.9 Å². The first-order chi connectivity index (χ1) is 14.9. The number of piperazine rings is 1. The molecule has 0 N–H and O–H groups in total. The second-order valence-electron chi connectivity index (χ2n) is 8.37. The van der Waals surface area contributed by atoms with Gasteiger partial charge in [0.2, 0.25) is 0 Å². The first kappa shape index (κ1) is 20.1. The first-order valence-electron chi connectivity index (χ1n) is 10.6. The fraction of sp³-hybridized carbons (Fsp3) is 0.375. The molecule has 0 spiro atoms. The Bertz CT molecular complexity index is 1180. The van der Waals surface area contributed by atoms with Crippen molar-refractivity contribution in [2.75, 3.05) is 31.1 Å². The zero-order valence-electron chi connectivity index (χ0n) is 17.0. The quantitative estimate of drug-likeness (QED) is 0.571. The predicted molar refractivity (Wildman–Crippen MR) is 113 cm³/mol. The van der Waals surface area contributed by atoms with Gasteiger partial charge in [0, 0.05) is 49.9 Å². The molecule has 1 aromatic heterocycles. The van der Waals surface area contributed by atoms with E-state index in [0.29, 0.717) is 44.0 Å². The molecule has 1 saturated heterocycles. The Morgan fingerprint density at radius 1 is 0.935 bits per heavy atom. The summed E-state index contributed by atoms with van der Waals surface area (Å²) in [6.07, 6.45) is -1.13. The summed E-state index contributed by atoms with van der Waals surface area (Å²) in [7, 11) is 0. The molecule has 1 aliphatic heterocycles. The molecule has 2 aromatic carbocycles. The zero-order chi connectivity index (χ0) is 21.6. The average molecular weight is 428 g/mol. The van der Waals surface area contributed by atoms with Crippen LogP contribution in [0.3, 0.4) is 0 Å². The van der Waals surface area contributed by atoms with E-state index < -0.39 is 11.7 Å². The van der Waals surface area contributed by atoms with Gasteiger partial charge in [0.15, 0.2) is 0 Å². The summed E-state index contributed by atoms with van der Waals surface area (Å²) in [5, 5.41) is 0.987. The Hall–Kier alpha value is -2.80. The van der Waals surface area contributed by atoms with Crippen LogP contribution in [0.1, 0.15) is 28.7 Å². The van der Waals surface area contributed by atoms with Gasteiger partial charge < -0.3 is 9.32 Å². The van der Waals surface area contributed by atoms with Gasteiger partial charge in [0.05, 0.1) is 5.56 Å². The number of benzene rings is 2. The number of anilines is 1. The highest BCUT2D eigenvalue weighted by Crippen LogP contribution is 2.32. The van der Waals surface area contributed by atoms with E-state index in [4.69, 9.17) is 4.42 Å². The minimum atomic E-state index is -4.34. The van der Waals surface area contributed by atoms with Gasteiger partial charge in [-0.2, -0.15) is 13.2 Å². The highest BCUT2D eigenvalue weighted by Gasteiger charge is 2.31. The fourth-order valence-electron chi connectivity index (χ4n) is 4.71. The van der Waals surface area contributed by atoms with Crippen molar-refractivity contribution >= 4 is 16.7 Å². The molecule has 0 radical (unpaired) electrons. The van der Waals surface area contributed by atoms with Crippen LogP contribution in [-0.2, 0) is 25.6 Å². The van der Waals surface area contributed by atoms with Gasteiger partial charge in [-0.05, 0) is 66.3 Å². The van der Waals surface area contributed by atoms with Gasteiger partial charge in [0.25, 0.3) is 0 Å². The second kappa shape index (κ2) is 7.71. The summed E-state index contributed by atoms with van der Waals surface area (Å²) >= 11 is 0. The molecule has 5 rings (SSSR count). The molecule has 0 atom stereocenters. The molecule has 1 fully saturated rings. The highest BCUT2D eigenvalue weighted by molar-refractivity contribution is 5.82. The summed E-state index contributed by atoms with van der Waals surface area (Å²) in [5.74, 6) is 0. The molecular formula is C24H23F3N2O2. The van der Waals surface area contributed by atoms with Crippen LogP contribution in [0.2, 0.25) is 0 Å². The van der Waals surface area contributed by atoms with Crippen LogP contribution in [0, 0.1) is 0 Å². The smallest absolute Gasteiger partial charge is 0.416 e. The number of halogens is 3. The lowest BCUT2D eigenvalue weighted by molar-refractivity contribution is -0.137. The number of aryl methyl sites for hydroxylation is 2. The lowest BCUT2D eigenvalue weighted by Gasteiger charge is -2.36. The number of fused-ring (bicyclic) bond motifs is 2. The lowest BCUT2D eigenvalue weighted by Crippen LogP contribution is -2.46. The molecule has 0 amide bonds. The largest absolute Gasteiger partial charge is 0.423 e. The third-order valence-corrected chi connectivity index (χ3v) is 6.35. The van der Waals surface area contributed by atoms with E-state index in [0.717, 1.165) is 36.3 Å². The molecule has 1 aliphatic carbocycles. The zero-order valence-corrected chi connectivity index (χ0v) is 17.0. The monoisotopic (exact) mass is 428 g/mol. The van der Waals surface area contributed by atoms with Gasteiger partial charge in [-0.3, -0.25) is 4.90 Å². The normalized spacial score (nSPS) is 17.3. The van der Waals surface area contributed by atoms with Crippen LogP contribution in [0.25, 0.3) is 11.0 Å².